The van der Waals surface area contributed by atoms with Gasteiger partial charge < -0.3 is 0 Å². The topological polar surface area (TPSA) is 38.0 Å². The molecule has 0 spiro atoms. The van der Waals surface area contributed by atoms with Gasteiger partial charge in [0.05, 0.1) is 6.04 Å². The van der Waals surface area contributed by atoms with Gasteiger partial charge in [-0.05, 0) is 29.2 Å². The van der Waals surface area contributed by atoms with E-state index in [0.29, 0.717) is 0 Å². The van der Waals surface area contributed by atoms with Crippen LogP contribution in [0.25, 0.3) is 0 Å². The lowest BCUT2D eigenvalue weighted by Crippen LogP contribution is -2.37. The zero-order valence-electron chi connectivity index (χ0n) is 9.14. The molecule has 0 heterocycles. The maximum Gasteiger partial charge on any atom is 0.0519 e. The molecule has 4 heteroatoms. The number of hydrazine groups is 1. The van der Waals surface area contributed by atoms with Crippen molar-refractivity contribution in [3.63, 3.8) is 0 Å². The summed E-state index contributed by atoms with van der Waals surface area (Å²) < 4.78 is 1.02. The van der Waals surface area contributed by atoms with E-state index < -0.39 is 0 Å². The van der Waals surface area contributed by atoms with Crippen molar-refractivity contribution in [1.29, 1.82) is 0 Å². The molecular formula is C11H16BrClN2. The van der Waals surface area contributed by atoms with Gasteiger partial charge in [-0.15, -0.1) is 0 Å². The lowest BCUT2D eigenvalue weighted by molar-refractivity contribution is 0.275. The lowest BCUT2D eigenvalue weighted by atomic mass is 9.83. The molecule has 1 atom stereocenters. The summed E-state index contributed by atoms with van der Waals surface area (Å²) >= 11 is 9.49. The largest absolute Gasteiger partial charge is 0.271 e. The van der Waals surface area contributed by atoms with E-state index in [1.807, 2.05) is 18.2 Å². The second-order valence-corrected chi connectivity index (χ2v) is 5.92. The van der Waals surface area contributed by atoms with Crippen LogP contribution < -0.4 is 11.3 Å². The summed E-state index contributed by atoms with van der Waals surface area (Å²) in [4.78, 5) is 0. The minimum absolute atomic E-state index is 0.0297. The Hall–Kier alpha value is -0.0900. The van der Waals surface area contributed by atoms with Gasteiger partial charge in [0.1, 0.15) is 0 Å². The maximum absolute atomic E-state index is 5.98. The first-order valence-corrected chi connectivity index (χ1v) is 5.94. The highest BCUT2D eigenvalue weighted by Gasteiger charge is 2.26. The smallest absolute Gasteiger partial charge is 0.0519 e. The van der Waals surface area contributed by atoms with Gasteiger partial charge in [-0.2, -0.15) is 0 Å². The zero-order chi connectivity index (χ0) is 11.6. The van der Waals surface area contributed by atoms with Gasteiger partial charge in [0.2, 0.25) is 0 Å². The third-order valence-electron chi connectivity index (χ3n) is 2.30. The van der Waals surface area contributed by atoms with Crippen molar-refractivity contribution >= 4 is 27.5 Å². The molecule has 15 heavy (non-hydrogen) atoms. The molecule has 0 saturated heterocycles. The SMILES string of the molecule is CC(C)(C)C(NN)c1cc(Cl)ccc1Br. The third kappa shape index (κ3) is 3.18. The van der Waals surface area contributed by atoms with Gasteiger partial charge in [-0.3, -0.25) is 11.3 Å². The van der Waals surface area contributed by atoms with Crippen molar-refractivity contribution in [2.75, 3.05) is 0 Å². The van der Waals surface area contributed by atoms with E-state index in [2.05, 4.69) is 42.1 Å². The van der Waals surface area contributed by atoms with Gasteiger partial charge in [0.25, 0.3) is 0 Å². The van der Waals surface area contributed by atoms with Crippen LogP contribution in [0, 0.1) is 5.41 Å². The second-order valence-electron chi connectivity index (χ2n) is 4.63. The van der Waals surface area contributed by atoms with Crippen LogP contribution in [0.5, 0.6) is 0 Å². The molecule has 0 saturated carbocycles. The van der Waals surface area contributed by atoms with Gasteiger partial charge in [0, 0.05) is 9.50 Å². The summed E-state index contributed by atoms with van der Waals surface area (Å²) in [6, 6.07) is 5.78. The fourth-order valence-electron chi connectivity index (χ4n) is 1.54. The van der Waals surface area contributed by atoms with Gasteiger partial charge in [0.15, 0.2) is 0 Å². The van der Waals surface area contributed by atoms with Crippen LogP contribution in [0.1, 0.15) is 32.4 Å². The summed E-state index contributed by atoms with van der Waals surface area (Å²) in [5.41, 5.74) is 3.95. The van der Waals surface area contributed by atoms with Crippen molar-refractivity contribution in [3.05, 3.63) is 33.3 Å². The Bertz CT molecular complexity index is 347. The van der Waals surface area contributed by atoms with E-state index in [9.17, 15) is 0 Å². The average Bonchev–Trinajstić information content (AvgIpc) is 2.10. The number of benzene rings is 1. The molecule has 0 fully saturated rings. The summed E-state index contributed by atoms with van der Waals surface area (Å²) in [5.74, 6) is 5.60. The highest BCUT2D eigenvalue weighted by Crippen LogP contribution is 2.36. The Morgan fingerprint density at radius 3 is 2.47 bits per heavy atom. The van der Waals surface area contributed by atoms with Crippen LogP contribution in [0.3, 0.4) is 0 Å². The minimum Gasteiger partial charge on any atom is -0.271 e. The molecule has 1 rings (SSSR count). The average molecular weight is 292 g/mol. The van der Waals surface area contributed by atoms with Crippen LogP contribution in [0.4, 0.5) is 0 Å². The van der Waals surface area contributed by atoms with Crippen molar-refractivity contribution in [2.24, 2.45) is 11.3 Å². The maximum atomic E-state index is 5.98. The van der Waals surface area contributed by atoms with E-state index in [0.717, 1.165) is 15.1 Å². The van der Waals surface area contributed by atoms with Crippen LogP contribution >= 0.6 is 27.5 Å². The molecule has 0 amide bonds. The summed E-state index contributed by atoms with van der Waals surface area (Å²) in [5, 5.41) is 0.720. The molecule has 0 aliphatic rings. The minimum atomic E-state index is 0.0297. The summed E-state index contributed by atoms with van der Waals surface area (Å²) in [6.45, 7) is 6.39. The Kier molecular flexibility index (Phi) is 4.18. The molecular weight excluding hydrogens is 275 g/mol. The van der Waals surface area contributed by atoms with Gasteiger partial charge in [-0.25, -0.2) is 0 Å². The van der Waals surface area contributed by atoms with Gasteiger partial charge >= 0.3 is 0 Å². The number of hydrogen-bond acceptors (Lipinski definition) is 2. The van der Waals surface area contributed by atoms with E-state index in [-0.39, 0.29) is 11.5 Å². The summed E-state index contributed by atoms with van der Waals surface area (Å²) in [7, 11) is 0. The number of nitrogens with two attached hydrogens (primary N) is 1. The second kappa shape index (κ2) is 4.83. The molecule has 0 bridgehead atoms. The molecule has 1 unspecified atom stereocenters. The fourth-order valence-corrected chi connectivity index (χ4v) is 2.20. The van der Waals surface area contributed by atoms with E-state index in [1.165, 1.54) is 0 Å². The fraction of sp³-hybridized carbons (Fsp3) is 0.455. The van der Waals surface area contributed by atoms with Gasteiger partial charge in [-0.1, -0.05) is 48.3 Å². The predicted molar refractivity (Wildman–Crippen MR) is 68.7 cm³/mol. The Balaban J connectivity index is 3.18. The van der Waals surface area contributed by atoms with E-state index in [4.69, 9.17) is 17.4 Å². The first-order chi connectivity index (χ1) is 6.86. The van der Waals surface area contributed by atoms with E-state index in [1.54, 1.807) is 0 Å². The van der Waals surface area contributed by atoms with Crippen molar-refractivity contribution in [2.45, 2.75) is 26.8 Å². The Morgan fingerprint density at radius 2 is 2.00 bits per heavy atom. The quantitative estimate of drug-likeness (QED) is 0.645. The molecule has 1 aromatic carbocycles. The number of nitrogens with one attached hydrogen (secondary N) is 1. The van der Waals surface area contributed by atoms with Crippen LogP contribution in [0.15, 0.2) is 22.7 Å². The monoisotopic (exact) mass is 290 g/mol. The molecule has 0 aromatic heterocycles. The standard InChI is InChI=1S/C11H16BrClN2/c1-11(2,3)10(15-14)8-6-7(13)4-5-9(8)12/h4-6,10,15H,14H2,1-3H3. The summed E-state index contributed by atoms with van der Waals surface area (Å²) in [6.07, 6.45) is 0. The Morgan fingerprint density at radius 1 is 1.40 bits per heavy atom. The first-order valence-electron chi connectivity index (χ1n) is 4.77. The Labute approximate surface area is 104 Å². The zero-order valence-corrected chi connectivity index (χ0v) is 11.5. The van der Waals surface area contributed by atoms with Crippen molar-refractivity contribution < 1.29 is 0 Å². The highest BCUT2D eigenvalue weighted by molar-refractivity contribution is 9.10. The first kappa shape index (κ1) is 13.0. The number of hydrogen-bond donors (Lipinski definition) is 2. The predicted octanol–water partition coefficient (Wildman–Crippen LogP) is 3.65. The van der Waals surface area contributed by atoms with Crippen LogP contribution in [-0.2, 0) is 0 Å². The molecule has 2 nitrogen and oxygen atoms in total. The molecule has 0 aliphatic carbocycles. The molecule has 1 aromatic rings. The molecule has 3 N–H and O–H groups in total. The van der Waals surface area contributed by atoms with Crippen LogP contribution in [-0.4, -0.2) is 0 Å². The number of halogens is 2. The van der Waals surface area contributed by atoms with E-state index >= 15 is 0 Å². The lowest BCUT2D eigenvalue weighted by Gasteiger charge is -2.31. The molecule has 0 aliphatic heterocycles. The molecule has 0 radical (unpaired) electrons. The highest BCUT2D eigenvalue weighted by atomic mass is 79.9. The normalized spacial score (nSPS) is 14.0. The van der Waals surface area contributed by atoms with Crippen molar-refractivity contribution in [1.82, 2.24) is 5.43 Å². The third-order valence-corrected chi connectivity index (χ3v) is 3.26. The van der Waals surface area contributed by atoms with Crippen molar-refractivity contribution in [3.8, 4) is 0 Å². The molecule has 84 valence electrons. The number of rotatable bonds is 2. The van der Waals surface area contributed by atoms with Crippen LogP contribution in [0.2, 0.25) is 5.02 Å².